The number of hydrogen-bond acceptors (Lipinski definition) is 3. The SMILES string of the molecule is ONCc1cccc(C2CSC2)c1. The van der Waals surface area contributed by atoms with Gasteiger partial charge in [0, 0.05) is 24.0 Å². The van der Waals surface area contributed by atoms with E-state index in [0.29, 0.717) is 6.54 Å². The van der Waals surface area contributed by atoms with E-state index in [1.807, 2.05) is 17.8 Å². The van der Waals surface area contributed by atoms with Crippen LogP contribution in [0.25, 0.3) is 0 Å². The Morgan fingerprint density at radius 2 is 2.31 bits per heavy atom. The predicted octanol–water partition coefficient (Wildman–Crippen LogP) is 2.00. The van der Waals surface area contributed by atoms with Crippen LogP contribution in [0, 0.1) is 0 Å². The summed E-state index contributed by atoms with van der Waals surface area (Å²) in [6, 6.07) is 8.43. The van der Waals surface area contributed by atoms with Crippen molar-refractivity contribution >= 4 is 11.8 Å². The first-order chi connectivity index (χ1) is 6.40. The highest BCUT2D eigenvalue weighted by Crippen LogP contribution is 2.33. The number of hydroxylamine groups is 1. The lowest BCUT2D eigenvalue weighted by atomic mass is 10.00. The van der Waals surface area contributed by atoms with Gasteiger partial charge in [0.25, 0.3) is 0 Å². The minimum Gasteiger partial charge on any atom is -0.316 e. The molecule has 1 aromatic rings. The first-order valence-electron chi connectivity index (χ1n) is 4.43. The van der Waals surface area contributed by atoms with Crippen LogP contribution in [-0.4, -0.2) is 16.7 Å². The molecule has 0 aliphatic carbocycles. The lowest BCUT2D eigenvalue weighted by molar-refractivity contribution is 0.161. The zero-order valence-corrected chi connectivity index (χ0v) is 8.18. The normalized spacial score (nSPS) is 17.0. The Bertz CT molecular complexity index is 286. The lowest BCUT2D eigenvalue weighted by Gasteiger charge is -2.25. The Morgan fingerprint density at radius 3 is 2.92 bits per heavy atom. The van der Waals surface area contributed by atoms with Crippen molar-refractivity contribution in [3.8, 4) is 0 Å². The highest BCUT2D eigenvalue weighted by atomic mass is 32.2. The summed E-state index contributed by atoms with van der Waals surface area (Å²) in [7, 11) is 0. The van der Waals surface area contributed by atoms with Crippen LogP contribution in [0.15, 0.2) is 24.3 Å². The zero-order chi connectivity index (χ0) is 9.10. The molecule has 2 rings (SSSR count). The van der Waals surface area contributed by atoms with Crippen LogP contribution in [0.4, 0.5) is 0 Å². The first-order valence-corrected chi connectivity index (χ1v) is 5.59. The molecule has 0 bridgehead atoms. The molecule has 70 valence electrons. The molecule has 1 saturated heterocycles. The van der Waals surface area contributed by atoms with E-state index in [4.69, 9.17) is 5.21 Å². The Labute approximate surface area is 82.3 Å². The topological polar surface area (TPSA) is 32.3 Å². The van der Waals surface area contributed by atoms with Crippen molar-refractivity contribution in [2.45, 2.75) is 12.5 Å². The van der Waals surface area contributed by atoms with Crippen LogP contribution in [0.3, 0.4) is 0 Å². The standard InChI is InChI=1S/C10H13NOS/c12-11-5-8-2-1-3-9(4-8)10-6-13-7-10/h1-4,10-12H,5-7H2. The van der Waals surface area contributed by atoms with Crippen molar-refractivity contribution in [1.29, 1.82) is 0 Å². The van der Waals surface area contributed by atoms with Crippen LogP contribution in [-0.2, 0) is 6.54 Å². The van der Waals surface area contributed by atoms with Crippen molar-refractivity contribution in [3.05, 3.63) is 35.4 Å². The molecule has 1 heterocycles. The molecule has 0 aromatic heterocycles. The molecule has 13 heavy (non-hydrogen) atoms. The molecule has 1 fully saturated rings. The average Bonchev–Trinajstić information content (AvgIpc) is 2.02. The Balaban J connectivity index is 2.11. The molecular formula is C10H13NOS. The monoisotopic (exact) mass is 195 g/mol. The molecule has 0 atom stereocenters. The first kappa shape index (κ1) is 9.06. The average molecular weight is 195 g/mol. The van der Waals surface area contributed by atoms with Crippen molar-refractivity contribution in [2.24, 2.45) is 0 Å². The summed E-state index contributed by atoms with van der Waals surface area (Å²) in [5.74, 6) is 3.23. The molecule has 3 heteroatoms. The predicted molar refractivity (Wildman–Crippen MR) is 55.1 cm³/mol. The van der Waals surface area contributed by atoms with Crippen molar-refractivity contribution in [2.75, 3.05) is 11.5 Å². The van der Waals surface area contributed by atoms with Gasteiger partial charge in [-0.3, -0.25) is 0 Å². The molecule has 1 aliphatic rings. The summed E-state index contributed by atoms with van der Waals surface area (Å²) in [5, 5.41) is 8.57. The third-order valence-electron chi connectivity index (χ3n) is 2.34. The van der Waals surface area contributed by atoms with Gasteiger partial charge in [-0.25, -0.2) is 5.48 Å². The van der Waals surface area contributed by atoms with Crippen LogP contribution in [0.5, 0.6) is 0 Å². The fourth-order valence-corrected chi connectivity index (χ4v) is 2.33. The molecule has 0 saturated carbocycles. The maximum Gasteiger partial charge on any atom is 0.0458 e. The Kier molecular flexibility index (Phi) is 2.88. The molecule has 2 N–H and O–H groups in total. The Morgan fingerprint density at radius 1 is 1.46 bits per heavy atom. The second kappa shape index (κ2) is 4.13. The van der Waals surface area contributed by atoms with E-state index in [1.54, 1.807) is 0 Å². The third-order valence-corrected chi connectivity index (χ3v) is 3.62. The fourth-order valence-electron chi connectivity index (χ4n) is 1.48. The van der Waals surface area contributed by atoms with E-state index in [0.717, 1.165) is 11.5 Å². The molecular weight excluding hydrogens is 182 g/mol. The van der Waals surface area contributed by atoms with Gasteiger partial charge >= 0.3 is 0 Å². The number of rotatable bonds is 3. The number of benzene rings is 1. The summed E-state index contributed by atoms with van der Waals surface area (Å²) < 4.78 is 0. The van der Waals surface area contributed by atoms with Gasteiger partial charge in [-0.2, -0.15) is 11.8 Å². The second-order valence-corrected chi connectivity index (χ2v) is 4.39. The molecule has 0 amide bonds. The number of hydrogen-bond donors (Lipinski definition) is 2. The molecule has 0 spiro atoms. The lowest BCUT2D eigenvalue weighted by Crippen LogP contribution is -2.16. The van der Waals surface area contributed by atoms with Gasteiger partial charge in [0.05, 0.1) is 0 Å². The largest absolute Gasteiger partial charge is 0.316 e. The highest BCUT2D eigenvalue weighted by Gasteiger charge is 2.19. The smallest absolute Gasteiger partial charge is 0.0458 e. The molecule has 1 aliphatic heterocycles. The fraction of sp³-hybridized carbons (Fsp3) is 0.400. The van der Waals surface area contributed by atoms with Gasteiger partial charge in [-0.15, -0.1) is 0 Å². The van der Waals surface area contributed by atoms with Gasteiger partial charge in [0.15, 0.2) is 0 Å². The molecule has 0 unspecified atom stereocenters. The van der Waals surface area contributed by atoms with E-state index in [9.17, 15) is 0 Å². The summed E-state index contributed by atoms with van der Waals surface area (Å²) in [5.41, 5.74) is 4.74. The van der Waals surface area contributed by atoms with E-state index in [-0.39, 0.29) is 0 Å². The van der Waals surface area contributed by atoms with Gasteiger partial charge in [-0.1, -0.05) is 24.3 Å². The summed E-state index contributed by atoms with van der Waals surface area (Å²) in [4.78, 5) is 0. The van der Waals surface area contributed by atoms with E-state index in [2.05, 4.69) is 23.7 Å². The van der Waals surface area contributed by atoms with Crippen LogP contribution < -0.4 is 5.48 Å². The highest BCUT2D eigenvalue weighted by molar-refractivity contribution is 8.00. The molecule has 1 aromatic carbocycles. The van der Waals surface area contributed by atoms with E-state index >= 15 is 0 Å². The van der Waals surface area contributed by atoms with Gasteiger partial charge in [0.1, 0.15) is 0 Å². The van der Waals surface area contributed by atoms with Crippen molar-refractivity contribution in [3.63, 3.8) is 0 Å². The maximum atomic E-state index is 8.57. The zero-order valence-electron chi connectivity index (χ0n) is 7.36. The van der Waals surface area contributed by atoms with Crippen LogP contribution in [0.1, 0.15) is 17.0 Å². The van der Waals surface area contributed by atoms with Crippen molar-refractivity contribution in [1.82, 2.24) is 5.48 Å². The summed E-state index contributed by atoms with van der Waals surface area (Å²) in [6.07, 6.45) is 0. The van der Waals surface area contributed by atoms with Crippen LogP contribution >= 0.6 is 11.8 Å². The van der Waals surface area contributed by atoms with Gasteiger partial charge in [0.2, 0.25) is 0 Å². The minimum absolute atomic E-state index is 0.535. The summed E-state index contributed by atoms with van der Waals surface area (Å²) >= 11 is 1.99. The van der Waals surface area contributed by atoms with Gasteiger partial charge in [-0.05, 0) is 11.1 Å². The quantitative estimate of drug-likeness (QED) is 0.723. The van der Waals surface area contributed by atoms with Crippen LogP contribution in [0.2, 0.25) is 0 Å². The number of thioether (sulfide) groups is 1. The van der Waals surface area contributed by atoms with Crippen molar-refractivity contribution < 1.29 is 5.21 Å². The molecule has 2 nitrogen and oxygen atoms in total. The van der Waals surface area contributed by atoms with E-state index in [1.165, 1.54) is 17.1 Å². The Hall–Kier alpha value is -0.510. The minimum atomic E-state index is 0.535. The third kappa shape index (κ3) is 2.05. The second-order valence-electron chi connectivity index (χ2n) is 3.31. The number of nitrogens with one attached hydrogen (secondary N) is 1. The molecule has 0 radical (unpaired) electrons. The summed E-state index contributed by atoms with van der Waals surface area (Å²) in [6.45, 7) is 0.535. The maximum absolute atomic E-state index is 8.57. The van der Waals surface area contributed by atoms with Gasteiger partial charge < -0.3 is 5.21 Å². The van der Waals surface area contributed by atoms with E-state index < -0.39 is 0 Å².